The number of rotatable bonds is 10. The fourth-order valence-electron chi connectivity index (χ4n) is 1.79. The first-order chi connectivity index (χ1) is 10.2. The molecule has 0 atom stereocenters. The maximum atomic E-state index is 12.1. The van der Waals surface area contributed by atoms with Crippen LogP contribution in [0.25, 0.3) is 0 Å². The van der Waals surface area contributed by atoms with Gasteiger partial charge in [0.1, 0.15) is 0 Å². The van der Waals surface area contributed by atoms with E-state index in [1.807, 2.05) is 35.4 Å². The van der Waals surface area contributed by atoms with Crippen molar-refractivity contribution < 1.29 is 14.3 Å². The maximum Gasteiger partial charge on any atom is 0.238 e. The van der Waals surface area contributed by atoms with Crippen LogP contribution in [0.15, 0.2) is 29.2 Å². The summed E-state index contributed by atoms with van der Waals surface area (Å²) < 4.78 is 10.1. The number of thioether (sulfide) groups is 1. The Morgan fingerprint density at radius 3 is 2.19 bits per heavy atom. The van der Waals surface area contributed by atoms with Crippen LogP contribution in [0, 0.1) is 0 Å². The highest BCUT2D eigenvalue weighted by Gasteiger charge is 2.10. The second-order valence-corrected chi connectivity index (χ2v) is 5.42. The highest BCUT2D eigenvalue weighted by molar-refractivity contribution is 7.98. The molecular weight excluding hydrogens is 288 g/mol. The second kappa shape index (κ2) is 10.6. The second-order valence-electron chi connectivity index (χ2n) is 4.54. The Morgan fingerprint density at radius 1 is 1.14 bits per heavy atom. The van der Waals surface area contributed by atoms with Crippen LogP contribution in [0.5, 0.6) is 0 Å². The zero-order valence-electron chi connectivity index (χ0n) is 12.9. The van der Waals surface area contributed by atoms with Gasteiger partial charge in [0.15, 0.2) is 0 Å². The van der Waals surface area contributed by atoms with Crippen molar-refractivity contribution in [3.8, 4) is 0 Å². The Balaban J connectivity index is 2.47. The van der Waals surface area contributed by atoms with Gasteiger partial charge in [0.2, 0.25) is 5.91 Å². The van der Waals surface area contributed by atoms with Gasteiger partial charge in [-0.05, 0) is 30.5 Å². The zero-order valence-corrected chi connectivity index (χ0v) is 13.7. The monoisotopic (exact) mass is 312 g/mol. The summed E-state index contributed by atoms with van der Waals surface area (Å²) in [4.78, 5) is 15.3. The van der Waals surface area contributed by atoms with Crippen molar-refractivity contribution >= 4 is 23.4 Å². The topological polar surface area (TPSA) is 50.8 Å². The Morgan fingerprint density at radius 2 is 1.71 bits per heavy atom. The van der Waals surface area contributed by atoms with Crippen LogP contribution in [-0.2, 0) is 14.3 Å². The molecule has 0 aliphatic heterocycles. The van der Waals surface area contributed by atoms with Gasteiger partial charge in [-0.3, -0.25) is 9.69 Å². The third-order valence-electron chi connectivity index (χ3n) is 2.96. The minimum absolute atomic E-state index is 0.0286. The van der Waals surface area contributed by atoms with Crippen LogP contribution >= 0.6 is 11.8 Å². The largest absolute Gasteiger partial charge is 0.383 e. The van der Waals surface area contributed by atoms with Crippen molar-refractivity contribution in [1.82, 2.24) is 4.90 Å². The van der Waals surface area contributed by atoms with Crippen LogP contribution in [0.4, 0.5) is 5.69 Å². The first-order valence-corrected chi connectivity index (χ1v) is 8.06. The number of nitrogens with zero attached hydrogens (tertiary/aromatic N) is 1. The number of hydrogen-bond donors (Lipinski definition) is 1. The number of nitrogens with one attached hydrogen (secondary N) is 1. The van der Waals surface area contributed by atoms with E-state index in [1.165, 1.54) is 4.90 Å². The maximum absolute atomic E-state index is 12.1. The van der Waals surface area contributed by atoms with Crippen molar-refractivity contribution in [1.29, 1.82) is 0 Å². The number of ether oxygens (including phenoxy) is 2. The smallest absolute Gasteiger partial charge is 0.238 e. The molecule has 1 amide bonds. The lowest BCUT2D eigenvalue weighted by Gasteiger charge is -2.20. The fraction of sp³-hybridized carbons (Fsp3) is 0.533. The van der Waals surface area contributed by atoms with Crippen molar-refractivity contribution in [2.45, 2.75) is 4.90 Å². The number of methoxy groups -OCH3 is 2. The van der Waals surface area contributed by atoms with Gasteiger partial charge >= 0.3 is 0 Å². The summed E-state index contributed by atoms with van der Waals surface area (Å²) in [7, 11) is 3.31. The molecule has 0 saturated heterocycles. The molecule has 118 valence electrons. The van der Waals surface area contributed by atoms with Gasteiger partial charge in [0.05, 0.1) is 19.8 Å². The summed E-state index contributed by atoms with van der Waals surface area (Å²) in [6.45, 7) is 2.94. The zero-order chi connectivity index (χ0) is 15.5. The van der Waals surface area contributed by atoms with Gasteiger partial charge in [0.25, 0.3) is 0 Å². The molecule has 5 nitrogen and oxygen atoms in total. The van der Waals surface area contributed by atoms with Crippen molar-refractivity contribution in [2.24, 2.45) is 0 Å². The van der Waals surface area contributed by atoms with Crippen molar-refractivity contribution in [3.05, 3.63) is 24.3 Å². The molecule has 0 saturated carbocycles. The molecule has 0 aliphatic carbocycles. The number of carbonyl (C=O) groups excluding carboxylic acids is 1. The van der Waals surface area contributed by atoms with Gasteiger partial charge in [0, 0.05) is 37.9 Å². The quantitative estimate of drug-likeness (QED) is 0.669. The Hall–Kier alpha value is -1.08. The molecule has 0 unspecified atom stereocenters. The van der Waals surface area contributed by atoms with E-state index >= 15 is 0 Å². The lowest BCUT2D eigenvalue weighted by molar-refractivity contribution is -0.117. The predicted octanol–water partition coefficient (Wildman–Crippen LogP) is 1.94. The lowest BCUT2D eigenvalue weighted by Crippen LogP contribution is -2.37. The van der Waals surface area contributed by atoms with Crippen molar-refractivity contribution in [2.75, 3.05) is 58.6 Å². The summed E-state index contributed by atoms with van der Waals surface area (Å²) in [5.74, 6) is -0.0286. The van der Waals surface area contributed by atoms with E-state index in [1.54, 1.807) is 26.0 Å². The third kappa shape index (κ3) is 7.47. The predicted molar refractivity (Wildman–Crippen MR) is 87.0 cm³/mol. The molecule has 21 heavy (non-hydrogen) atoms. The molecule has 0 aromatic heterocycles. The lowest BCUT2D eigenvalue weighted by atomic mass is 10.3. The van der Waals surface area contributed by atoms with Crippen LogP contribution in [0.2, 0.25) is 0 Å². The number of carbonyl (C=O) groups is 1. The van der Waals surface area contributed by atoms with E-state index in [-0.39, 0.29) is 5.91 Å². The first-order valence-electron chi connectivity index (χ1n) is 6.83. The fourth-order valence-corrected chi connectivity index (χ4v) is 2.20. The highest BCUT2D eigenvalue weighted by atomic mass is 32.2. The average Bonchev–Trinajstić information content (AvgIpc) is 2.50. The van der Waals surface area contributed by atoms with Crippen LogP contribution in [0.1, 0.15) is 0 Å². The summed E-state index contributed by atoms with van der Waals surface area (Å²) in [5.41, 5.74) is 0.816. The average molecular weight is 312 g/mol. The summed E-state index contributed by atoms with van der Waals surface area (Å²) in [5, 5.41) is 2.91. The van der Waals surface area contributed by atoms with Gasteiger partial charge in [-0.2, -0.15) is 0 Å². The SMILES string of the molecule is COCCN(CCOC)CC(=O)Nc1ccc(SC)cc1. The molecule has 0 heterocycles. The molecule has 1 aromatic carbocycles. The Bertz CT molecular complexity index is 404. The summed E-state index contributed by atoms with van der Waals surface area (Å²) in [6, 6.07) is 7.82. The number of benzene rings is 1. The molecule has 1 aromatic rings. The normalized spacial score (nSPS) is 10.9. The molecule has 0 bridgehead atoms. The van der Waals surface area contributed by atoms with Gasteiger partial charge in [-0.1, -0.05) is 0 Å². The third-order valence-corrected chi connectivity index (χ3v) is 3.71. The summed E-state index contributed by atoms with van der Waals surface area (Å²) in [6.07, 6.45) is 2.02. The molecular formula is C15H24N2O3S. The van der Waals surface area contributed by atoms with E-state index in [0.717, 1.165) is 5.69 Å². The van der Waals surface area contributed by atoms with Gasteiger partial charge in [-0.25, -0.2) is 0 Å². The molecule has 0 spiro atoms. The number of anilines is 1. The minimum atomic E-state index is -0.0286. The van der Waals surface area contributed by atoms with Gasteiger partial charge < -0.3 is 14.8 Å². The van der Waals surface area contributed by atoms with Crippen LogP contribution in [0.3, 0.4) is 0 Å². The first kappa shape index (κ1) is 18.0. The van der Waals surface area contributed by atoms with E-state index in [4.69, 9.17) is 9.47 Å². The standard InChI is InChI=1S/C15H24N2O3S/c1-19-10-8-17(9-11-20-2)12-15(18)16-13-4-6-14(21-3)7-5-13/h4-7H,8-12H2,1-3H3,(H,16,18). The van der Waals surface area contributed by atoms with E-state index in [0.29, 0.717) is 32.8 Å². The van der Waals surface area contributed by atoms with Crippen LogP contribution < -0.4 is 5.32 Å². The number of hydrogen-bond acceptors (Lipinski definition) is 5. The Labute approximate surface area is 131 Å². The van der Waals surface area contributed by atoms with Gasteiger partial charge in [-0.15, -0.1) is 11.8 Å². The molecule has 0 aliphatic rings. The van der Waals surface area contributed by atoms with E-state index < -0.39 is 0 Å². The van der Waals surface area contributed by atoms with E-state index in [9.17, 15) is 4.79 Å². The highest BCUT2D eigenvalue weighted by Crippen LogP contribution is 2.17. The number of amides is 1. The minimum Gasteiger partial charge on any atom is -0.383 e. The molecule has 1 N–H and O–H groups in total. The molecule has 0 radical (unpaired) electrons. The molecule has 0 fully saturated rings. The van der Waals surface area contributed by atoms with Crippen molar-refractivity contribution in [3.63, 3.8) is 0 Å². The van der Waals surface area contributed by atoms with Crippen LogP contribution in [-0.4, -0.2) is 64.1 Å². The Kier molecular flexibility index (Phi) is 9.09. The molecule has 6 heteroatoms. The molecule has 1 rings (SSSR count). The van der Waals surface area contributed by atoms with E-state index in [2.05, 4.69) is 5.32 Å². The summed E-state index contributed by atoms with van der Waals surface area (Å²) >= 11 is 1.68.